The number of anilines is 1. The third-order valence-corrected chi connectivity index (χ3v) is 3.02. The lowest BCUT2D eigenvalue weighted by molar-refractivity contribution is 0.163. The van der Waals surface area contributed by atoms with E-state index >= 15 is 0 Å². The molecule has 0 spiro atoms. The predicted molar refractivity (Wildman–Crippen MR) is 65.7 cm³/mol. The van der Waals surface area contributed by atoms with Crippen molar-refractivity contribution >= 4 is 5.82 Å². The molecule has 0 atom stereocenters. The van der Waals surface area contributed by atoms with Gasteiger partial charge in [-0.2, -0.15) is 9.49 Å². The largest absolute Gasteiger partial charge is 0.504 e. The second-order valence-corrected chi connectivity index (χ2v) is 4.18. The summed E-state index contributed by atoms with van der Waals surface area (Å²) in [5, 5.41) is 13.9. The van der Waals surface area contributed by atoms with Crippen molar-refractivity contribution in [2.45, 2.75) is 0 Å². The third-order valence-electron chi connectivity index (χ3n) is 3.02. The highest BCUT2D eigenvalue weighted by Crippen LogP contribution is 2.45. The van der Waals surface area contributed by atoms with E-state index in [1.165, 1.54) is 16.9 Å². The van der Waals surface area contributed by atoms with Crippen LogP contribution in [0, 0.1) is 5.82 Å². The molecule has 1 aliphatic heterocycles. The zero-order valence-corrected chi connectivity index (χ0v) is 10.2. The standard InChI is InChI=1S/C12H12FN3O3/c1-16-12(14)7(5-15-16)6-4-8-11(9(13)10(6)17)19-3-2-18-8/h4-5,17H,2-3,14H2,1H3. The van der Waals surface area contributed by atoms with Crippen LogP contribution in [0.3, 0.4) is 0 Å². The molecule has 0 aliphatic carbocycles. The fourth-order valence-corrected chi connectivity index (χ4v) is 2.00. The van der Waals surface area contributed by atoms with Crippen LogP contribution in [-0.2, 0) is 7.05 Å². The third kappa shape index (κ3) is 1.66. The molecule has 0 saturated heterocycles. The Morgan fingerprint density at radius 3 is 2.79 bits per heavy atom. The van der Waals surface area contributed by atoms with Gasteiger partial charge in [0.05, 0.1) is 6.20 Å². The predicted octanol–water partition coefficient (Wildman–Crippen LogP) is 1.29. The number of hydrogen-bond donors (Lipinski definition) is 2. The van der Waals surface area contributed by atoms with E-state index in [2.05, 4.69) is 5.10 Å². The van der Waals surface area contributed by atoms with Gasteiger partial charge in [-0.15, -0.1) is 0 Å². The molecule has 0 saturated carbocycles. The maximum absolute atomic E-state index is 14.0. The fourth-order valence-electron chi connectivity index (χ4n) is 2.00. The maximum Gasteiger partial charge on any atom is 0.211 e. The number of nitrogens with two attached hydrogens (primary N) is 1. The number of phenolic OH excluding ortho intramolecular Hbond substituents is 1. The number of nitrogens with zero attached hydrogens (tertiary/aromatic N) is 2. The van der Waals surface area contributed by atoms with E-state index in [0.29, 0.717) is 18.0 Å². The lowest BCUT2D eigenvalue weighted by Crippen LogP contribution is -2.16. The van der Waals surface area contributed by atoms with Crippen molar-refractivity contribution in [2.24, 2.45) is 7.05 Å². The van der Waals surface area contributed by atoms with Crippen molar-refractivity contribution in [2.75, 3.05) is 18.9 Å². The summed E-state index contributed by atoms with van der Waals surface area (Å²) in [5.74, 6) is -0.874. The molecular formula is C12H12FN3O3. The molecule has 0 amide bonds. The molecule has 0 unspecified atom stereocenters. The van der Waals surface area contributed by atoms with Gasteiger partial charge < -0.3 is 20.3 Å². The normalized spacial score (nSPS) is 13.6. The molecule has 0 radical (unpaired) electrons. The number of nitrogen functional groups attached to an aromatic ring is 1. The van der Waals surface area contributed by atoms with Crippen LogP contribution in [0.25, 0.3) is 11.1 Å². The average Bonchev–Trinajstić information content (AvgIpc) is 2.75. The van der Waals surface area contributed by atoms with Crippen molar-refractivity contribution in [1.82, 2.24) is 9.78 Å². The van der Waals surface area contributed by atoms with Gasteiger partial charge in [-0.3, -0.25) is 4.68 Å². The molecule has 1 aromatic heterocycles. The number of aromatic hydroxyl groups is 1. The summed E-state index contributed by atoms with van der Waals surface area (Å²) in [5.41, 5.74) is 6.49. The zero-order chi connectivity index (χ0) is 13.6. The van der Waals surface area contributed by atoms with Gasteiger partial charge in [-0.25, -0.2) is 0 Å². The summed E-state index contributed by atoms with van der Waals surface area (Å²) in [4.78, 5) is 0. The molecule has 2 aromatic rings. The number of fused-ring (bicyclic) bond motifs is 1. The Bertz CT molecular complexity index is 654. The Morgan fingerprint density at radius 1 is 1.37 bits per heavy atom. The Balaban J connectivity index is 2.22. The zero-order valence-electron chi connectivity index (χ0n) is 10.2. The molecule has 0 bridgehead atoms. The van der Waals surface area contributed by atoms with Crippen molar-refractivity contribution in [3.8, 4) is 28.4 Å². The summed E-state index contributed by atoms with van der Waals surface area (Å²) in [7, 11) is 1.66. The monoisotopic (exact) mass is 265 g/mol. The van der Waals surface area contributed by atoms with E-state index in [1.807, 2.05) is 0 Å². The number of benzene rings is 1. The Labute approximate surface area is 108 Å². The number of ether oxygens (including phenoxy) is 2. The molecule has 0 fully saturated rings. The van der Waals surface area contributed by atoms with E-state index in [0.717, 1.165) is 0 Å². The van der Waals surface area contributed by atoms with Crippen molar-refractivity contribution in [3.05, 3.63) is 18.1 Å². The molecule has 6 nitrogen and oxygen atoms in total. The molecule has 1 aliphatic rings. The van der Waals surface area contributed by atoms with Crippen LogP contribution in [-0.4, -0.2) is 28.1 Å². The van der Waals surface area contributed by atoms with E-state index < -0.39 is 11.6 Å². The SMILES string of the molecule is Cn1ncc(-c2cc3c(c(F)c2O)OCCO3)c1N. The Kier molecular flexibility index (Phi) is 2.48. The Morgan fingerprint density at radius 2 is 2.11 bits per heavy atom. The highest BCUT2D eigenvalue weighted by Gasteiger charge is 2.25. The van der Waals surface area contributed by atoms with Crippen LogP contribution in [0.2, 0.25) is 0 Å². The first-order chi connectivity index (χ1) is 9.09. The topological polar surface area (TPSA) is 82.5 Å². The van der Waals surface area contributed by atoms with Crippen molar-refractivity contribution in [1.29, 1.82) is 0 Å². The smallest absolute Gasteiger partial charge is 0.211 e. The highest BCUT2D eigenvalue weighted by molar-refractivity contribution is 5.80. The number of hydrogen-bond acceptors (Lipinski definition) is 5. The number of phenols is 1. The molecule has 2 heterocycles. The van der Waals surface area contributed by atoms with Crippen LogP contribution in [0.15, 0.2) is 12.3 Å². The van der Waals surface area contributed by atoms with Crippen LogP contribution in [0.5, 0.6) is 17.2 Å². The van der Waals surface area contributed by atoms with Crippen LogP contribution >= 0.6 is 0 Å². The molecule has 19 heavy (non-hydrogen) atoms. The summed E-state index contributed by atoms with van der Waals surface area (Å²) in [6.45, 7) is 0.580. The summed E-state index contributed by atoms with van der Waals surface area (Å²) in [6.07, 6.45) is 1.46. The maximum atomic E-state index is 14.0. The summed E-state index contributed by atoms with van der Waals surface area (Å²) < 4.78 is 26.0. The second-order valence-electron chi connectivity index (χ2n) is 4.18. The first kappa shape index (κ1) is 11.6. The number of aromatic nitrogens is 2. The van der Waals surface area contributed by atoms with Crippen LogP contribution < -0.4 is 15.2 Å². The minimum atomic E-state index is -0.851. The molecule has 3 rings (SSSR count). The molecule has 100 valence electrons. The number of rotatable bonds is 1. The second kappa shape index (κ2) is 4.04. The molecule has 7 heteroatoms. The quantitative estimate of drug-likeness (QED) is 0.811. The molecular weight excluding hydrogens is 253 g/mol. The first-order valence-electron chi connectivity index (χ1n) is 5.68. The lowest BCUT2D eigenvalue weighted by atomic mass is 10.1. The van der Waals surface area contributed by atoms with Crippen LogP contribution in [0.4, 0.5) is 10.2 Å². The van der Waals surface area contributed by atoms with E-state index in [-0.39, 0.29) is 23.7 Å². The Hall–Kier alpha value is -2.44. The van der Waals surface area contributed by atoms with Gasteiger partial charge in [0.1, 0.15) is 19.0 Å². The van der Waals surface area contributed by atoms with Crippen LogP contribution in [0.1, 0.15) is 0 Å². The van der Waals surface area contributed by atoms with E-state index in [4.69, 9.17) is 15.2 Å². The van der Waals surface area contributed by atoms with E-state index in [9.17, 15) is 9.50 Å². The lowest BCUT2D eigenvalue weighted by Gasteiger charge is -2.20. The first-order valence-corrected chi connectivity index (χ1v) is 5.68. The number of halogens is 1. The molecule has 3 N–H and O–H groups in total. The van der Waals surface area contributed by atoms with Gasteiger partial charge in [-0.05, 0) is 6.07 Å². The van der Waals surface area contributed by atoms with Crippen molar-refractivity contribution in [3.63, 3.8) is 0 Å². The highest BCUT2D eigenvalue weighted by atomic mass is 19.1. The van der Waals surface area contributed by atoms with Gasteiger partial charge in [0.15, 0.2) is 11.5 Å². The summed E-state index contributed by atoms with van der Waals surface area (Å²) >= 11 is 0. The fraction of sp³-hybridized carbons (Fsp3) is 0.250. The van der Waals surface area contributed by atoms with E-state index in [1.54, 1.807) is 7.05 Å². The van der Waals surface area contributed by atoms with Gasteiger partial charge in [0.25, 0.3) is 0 Å². The minimum absolute atomic E-state index is 0.0741. The summed E-state index contributed by atoms with van der Waals surface area (Å²) in [6, 6.07) is 1.50. The number of aryl methyl sites for hydroxylation is 1. The minimum Gasteiger partial charge on any atom is -0.504 e. The van der Waals surface area contributed by atoms with Gasteiger partial charge >= 0.3 is 0 Å². The average molecular weight is 265 g/mol. The molecule has 1 aromatic carbocycles. The van der Waals surface area contributed by atoms with Gasteiger partial charge in [0, 0.05) is 18.2 Å². The van der Waals surface area contributed by atoms with Gasteiger partial charge in [0.2, 0.25) is 11.6 Å². The van der Waals surface area contributed by atoms with Gasteiger partial charge in [-0.1, -0.05) is 0 Å². The van der Waals surface area contributed by atoms with Crippen molar-refractivity contribution < 1.29 is 19.0 Å².